The van der Waals surface area contributed by atoms with Crippen molar-refractivity contribution in [3.8, 4) is 28.0 Å². The molecule has 4 aromatic carbocycles. The smallest absolute Gasteiger partial charge is 0.429 e. The predicted molar refractivity (Wildman–Crippen MR) is 128 cm³/mol. The highest BCUT2D eigenvalue weighted by Gasteiger charge is 2.39. The van der Waals surface area contributed by atoms with Gasteiger partial charge in [0, 0.05) is 22.8 Å². The van der Waals surface area contributed by atoms with Gasteiger partial charge in [0.15, 0.2) is 5.83 Å². The number of hydrogen-bond donors (Lipinski definition) is 0. The van der Waals surface area contributed by atoms with E-state index in [9.17, 15) is 52.7 Å². The Hall–Kier alpha value is -4.42. The molecule has 0 radical (unpaired) electrons. The Morgan fingerprint density at radius 1 is 0.595 bits per heavy atom. The standard InChI is InChI=1S/C29H14F12O/c1-13(30)27(36)15-3-7-20(23(33)9-15)29(40,41)42-17-4-6-18(22(32)12-17)14-2-5-19(21(31)8-14)16-10-24(34)26(25(35)11-16)28(37,38)39/h2-12H,1H3. The quantitative estimate of drug-likeness (QED) is 0.199. The fourth-order valence-electron chi connectivity index (χ4n) is 4.00. The molecule has 13 heteroatoms. The zero-order valence-electron chi connectivity index (χ0n) is 20.8. The highest BCUT2D eigenvalue weighted by atomic mass is 19.4. The number of allylic oxidation sites excluding steroid dienone is 1. The van der Waals surface area contributed by atoms with Gasteiger partial charge in [0.2, 0.25) is 0 Å². The third-order valence-electron chi connectivity index (χ3n) is 5.94. The lowest BCUT2D eigenvalue weighted by Crippen LogP contribution is -2.23. The summed E-state index contributed by atoms with van der Waals surface area (Å²) in [4.78, 5) is 0. The molecule has 42 heavy (non-hydrogen) atoms. The van der Waals surface area contributed by atoms with E-state index in [1.54, 1.807) is 0 Å². The van der Waals surface area contributed by atoms with E-state index in [4.69, 9.17) is 0 Å². The van der Waals surface area contributed by atoms with Crippen molar-refractivity contribution in [3.63, 3.8) is 0 Å². The number of rotatable bonds is 6. The molecule has 0 spiro atoms. The lowest BCUT2D eigenvalue weighted by atomic mass is 9.98. The monoisotopic (exact) mass is 606 g/mol. The molecule has 0 bridgehead atoms. The number of benzene rings is 4. The second kappa shape index (κ2) is 11.1. The van der Waals surface area contributed by atoms with Crippen LogP contribution in [0, 0.1) is 29.1 Å². The van der Waals surface area contributed by atoms with E-state index in [2.05, 4.69) is 4.74 Å². The molecule has 4 aromatic rings. The van der Waals surface area contributed by atoms with Crippen molar-refractivity contribution in [2.24, 2.45) is 0 Å². The molecule has 0 amide bonds. The zero-order chi connectivity index (χ0) is 31.1. The van der Waals surface area contributed by atoms with Crippen LogP contribution in [-0.2, 0) is 12.3 Å². The van der Waals surface area contributed by atoms with Crippen molar-refractivity contribution in [2.45, 2.75) is 19.2 Å². The number of ether oxygens (including phenoxy) is 1. The summed E-state index contributed by atoms with van der Waals surface area (Å²) in [6.45, 7) is 0.737. The number of hydrogen-bond acceptors (Lipinski definition) is 1. The van der Waals surface area contributed by atoms with Crippen LogP contribution in [0.2, 0.25) is 0 Å². The van der Waals surface area contributed by atoms with Gasteiger partial charge in [-0.25, -0.2) is 30.7 Å². The van der Waals surface area contributed by atoms with Gasteiger partial charge in [-0.15, -0.1) is 0 Å². The van der Waals surface area contributed by atoms with E-state index in [0.29, 0.717) is 30.3 Å². The first-order chi connectivity index (χ1) is 19.5. The second-order valence-electron chi connectivity index (χ2n) is 8.81. The SMILES string of the molecule is CC(F)=C(F)c1ccc(C(F)(F)Oc2ccc(-c3ccc(-c4cc(F)c(C(F)(F)F)c(F)c4)c(F)c3)c(F)c2)c(F)c1. The average molecular weight is 606 g/mol. The normalized spacial score (nSPS) is 12.8. The summed E-state index contributed by atoms with van der Waals surface area (Å²) in [7, 11) is 0. The lowest BCUT2D eigenvalue weighted by Gasteiger charge is -2.19. The molecule has 0 aliphatic carbocycles. The third kappa shape index (κ3) is 6.09. The van der Waals surface area contributed by atoms with Gasteiger partial charge in [-0.3, -0.25) is 0 Å². The molecule has 0 aromatic heterocycles. The molecule has 4 rings (SSSR count). The first-order valence-corrected chi connectivity index (χ1v) is 11.5. The maximum Gasteiger partial charge on any atom is 0.429 e. The minimum Gasteiger partial charge on any atom is -0.429 e. The minimum atomic E-state index is -5.34. The van der Waals surface area contributed by atoms with Gasteiger partial charge in [0.05, 0.1) is 5.56 Å². The molecule has 0 fully saturated rings. The molecular formula is C29H14F12O. The third-order valence-corrected chi connectivity index (χ3v) is 5.94. The molecule has 0 heterocycles. The van der Waals surface area contributed by atoms with Crippen LogP contribution in [-0.4, -0.2) is 0 Å². The Morgan fingerprint density at radius 3 is 1.67 bits per heavy atom. The fourth-order valence-corrected chi connectivity index (χ4v) is 4.00. The van der Waals surface area contributed by atoms with Gasteiger partial charge in [0.1, 0.15) is 46.2 Å². The van der Waals surface area contributed by atoms with Crippen LogP contribution in [0.5, 0.6) is 5.75 Å². The number of halogens is 12. The maximum absolute atomic E-state index is 14.8. The van der Waals surface area contributed by atoms with Crippen LogP contribution < -0.4 is 4.74 Å². The Labute approximate surface area is 229 Å². The summed E-state index contributed by atoms with van der Waals surface area (Å²) in [6, 6.07) is 6.89. The van der Waals surface area contributed by atoms with Crippen LogP contribution in [0.4, 0.5) is 52.7 Å². The van der Waals surface area contributed by atoms with Crippen LogP contribution in [0.15, 0.2) is 72.6 Å². The van der Waals surface area contributed by atoms with Gasteiger partial charge >= 0.3 is 12.3 Å². The fraction of sp³-hybridized carbons (Fsp3) is 0.103. The van der Waals surface area contributed by atoms with Gasteiger partial charge in [0.25, 0.3) is 0 Å². The lowest BCUT2D eigenvalue weighted by molar-refractivity contribution is -0.187. The van der Waals surface area contributed by atoms with Gasteiger partial charge in [-0.1, -0.05) is 18.2 Å². The summed E-state index contributed by atoms with van der Waals surface area (Å²) >= 11 is 0. The van der Waals surface area contributed by atoms with E-state index in [0.717, 1.165) is 31.2 Å². The summed E-state index contributed by atoms with van der Waals surface area (Å²) in [5, 5.41) is 0. The van der Waals surface area contributed by atoms with Crippen molar-refractivity contribution in [3.05, 3.63) is 118 Å². The average Bonchev–Trinajstić information content (AvgIpc) is 2.86. The van der Waals surface area contributed by atoms with Crippen molar-refractivity contribution >= 4 is 5.83 Å². The molecule has 0 saturated heterocycles. The molecule has 0 atom stereocenters. The van der Waals surface area contributed by atoms with Gasteiger partial charge in [-0.05, 0) is 60.5 Å². The van der Waals surface area contributed by atoms with Crippen LogP contribution in [0.1, 0.15) is 23.6 Å². The maximum atomic E-state index is 14.8. The van der Waals surface area contributed by atoms with E-state index in [-0.39, 0.29) is 23.3 Å². The van der Waals surface area contributed by atoms with E-state index in [1.807, 2.05) is 0 Å². The molecule has 0 saturated carbocycles. The molecule has 0 unspecified atom stereocenters. The van der Waals surface area contributed by atoms with Gasteiger partial charge < -0.3 is 4.74 Å². The Balaban J connectivity index is 1.60. The Kier molecular flexibility index (Phi) is 8.07. The Morgan fingerprint density at radius 2 is 1.14 bits per heavy atom. The van der Waals surface area contributed by atoms with Crippen LogP contribution in [0.3, 0.4) is 0 Å². The van der Waals surface area contributed by atoms with Crippen LogP contribution in [0.25, 0.3) is 28.1 Å². The van der Waals surface area contributed by atoms with E-state index in [1.165, 1.54) is 0 Å². The predicted octanol–water partition coefficient (Wildman–Crippen LogP) is 10.5. The van der Waals surface area contributed by atoms with Crippen molar-refractivity contribution in [1.29, 1.82) is 0 Å². The molecular weight excluding hydrogens is 592 g/mol. The van der Waals surface area contributed by atoms with Crippen molar-refractivity contribution in [1.82, 2.24) is 0 Å². The van der Waals surface area contributed by atoms with Crippen molar-refractivity contribution in [2.75, 3.05) is 0 Å². The summed E-state index contributed by atoms with van der Waals surface area (Å²) in [5.74, 6) is -11.6. The van der Waals surface area contributed by atoms with Crippen LogP contribution >= 0.6 is 0 Å². The van der Waals surface area contributed by atoms with Gasteiger partial charge in [-0.2, -0.15) is 22.0 Å². The summed E-state index contributed by atoms with van der Waals surface area (Å²) in [5.41, 5.74) is -5.82. The Bertz CT molecular complexity index is 1680. The minimum absolute atomic E-state index is 0.195. The van der Waals surface area contributed by atoms with E-state index < -0.39 is 86.6 Å². The zero-order valence-corrected chi connectivity index (χ0v) is 20.8. The van der Waals surface area contributed by atoms with E-state index >= 15 is 0 Å². The topological polar surface area (TPSA) is 9.23 Å². The van der Waals surface area contributed by atoms with Crippen molar-refractivity contribution < 1.29 is 57.4 Å². The number of alkyl halides is 5. The molecule has 0 aliphatic heterocycles. The summed E-state index contributed by atoms with van der Waals surface area (Å²) in [6.07, 6.45) is -9.74. The molecule has 1 nitrogen and oxygen atoms in total. The first-order valence-electron chi connectivity index (χ1n) is 11.5. The first kappa shape index (κ1) is 30.5. The second-order valence-corrected chi connectivity index (χ2v) is 8.81. The largest absolute Gasteiger partial charge is 0.429 e. The highest BCUT2D eigenvalue weighted by Crippen LogP contribution is 2.39. The molecule has 220 valence electrons. The highest BCUT2D eigenvalue weighted by molar-refractivity contribution is 5.72. The molecule has 0 aliphatic rings. The molecule has 0 N–H and O–H groups in total. The summed E-state index contributed by atoms with van der Waals surface area (Å²) < 4.78 is 171.